The summed E-state index contributed by atoms with van der Waals surface area (Å²) >= 11 is 1.54. The quantitative estimate of drug-likeness (QED) is 0.627. The lowest BCUT2D eigenvalue weighted by Gasteiger charge is -2.19. The summed E-state index contributed by atoms with van der Waals surface area (Å²) in [5.74, 6) is -1.73. The number of aromatic nitrogens is 1. The van der Waals surface area contributed by atoms with Gasteiger partial charge in [0.25, 0.3) is 0 Å². The third-order valence-electron chi connectivity index (χ3n) is 6.45. The van der Waals surface area contributed by atoms with E-state index in [1.54, 1.807) is 6.92 Å². The van der Waals surface area contributed by atoms with Gasteiger partial charge in [-0.15, -0.1) is 11.3 Å². The first-order valence-electron chi connectivity index (χ1n) is 10.3. The van der Waals surface area contributed by atoms with Crippen LogP contribution in [0.1, 0.15) is 69.7 Å². The van der Waals surface area contributed by atoms with Crippen LogP contribution >= 0.6 is 11.3 Å². The smallest absolute Gasteiger partial charge is 0.341 e. The van der Waals surface area contributed by atoms with Crippen molar-refractivity contribution in [3.05, 3.63) is 55.4 Å². The molecule has 1 fully saturated rings. The van der Waals surface area contributed by atoms with Crippen molar-refractivity contribution >= 4 is 28.2 Å². The lowest BCUT2D eigenvalue weighted by molar-refractivity contribution is 0.0695. The van der Waals surface area contributed by atoms with E-state index in [1.807, 2.05) is 17.6 Å². The zero-order valence-corrected chi connectivity index (χ0v) is 17.7. The topological polar surface area (TPSA) is 85.3 Å². The van der Waals surface area contributed by atoms with Crippen LogP contribution < -0.4 is 11.2 Å². The number of aromatic carboxylic acids is 1. The number of carbonyl (C=O) groups is 1. The minimum Gasteiger partial charge on any atom is -0.477 e. The number of rotatable bonds is 3. The Morgan fingerprint density at radius 2 is 2.00 bits per heavy atom. The average Bonchev–Trinajstić information content (AvgIpc) is 3.45. The van der Waals surface area contributed by atoms with Crippen LogP contribution in [0.25, 0.3) is 21.3 Å². The maximum absolute atomic E-state index is 15.7. The van der Waals surface area contributed by atoms with Gasteiger partial charge in [-0.05, 0) is 68.7 Å². The largest absolute Gasteiger partial charge is 0.477 e. The van der Waals surface area contributed by atoms with Gasteiger partial charge in [-0.25, -0.2) is 9.18 Å². The number of carboxylic acid groups (broad SMARTS) is 1. The van der Waals surface area contributed by atoms with Crippen LogP contribution in [0.4, 0.5) is 4.39 Å². The van der Waals surface area contributed by atoms with Gasteiger partial charge in [0.15, 0.2) is 0 Å². The molecule has 0 spiro atoms. The van der Waals surface area contributed by atoms with Crippen LogP contribution in [0.3, 0.4) is 0 Å². The molecule has 3 aromatic rings. The number of hydrogen-bond acceptors (Lipinski definition) is 4. The summed E-state index contributed by atoms with van der Waals surface area (Å²) in [4.78, 5) is 26.6. The highest BCUT2D eigenvalue weighted by Crippen LogP contribution is 2.45. The minimum absolute atomic E-state index is 0.0137. The Bertz CT molecular complexity index is 1290. The van der Waals surface area contributed by atoms with Crippen LogP contribution in [0.5, 0.6) is 0 Å². The van der Waals surface area contributed by atoms with Gasteiger partial charge < -0.3 is 15.4 Å². The maximum atomic E-state index is 15.7. The van der Waals surface area contributed by atoms with Gasteiger partial charge in [-0.3, -0.25) is 4.79 Å². The Balaban J connectivity index is 1.86. The Kier molecular flexibility index (Phi) is 4.38. The molecule has 0 aliphatic heterocycles. The van der Waals surface area contributed by atoms with Crippen molar-refractivity contribution in [3.63, 3.8) is 0 Å². The number of pyridine rings is 1. The number of nitrogens with two attached hydrogens (primary N) is 1. The lowest BCUT2D eigenvalue weighted by atomic mass is 9.93. The Morgan fingerprint density at radius 1 is 1.27 bits per heavy atom. The molecule has 1 unspecified atom stereocenters. The third-order valence-corrected chi connectivity index (χ3v) is 7.77. The molecule has 1 atom stereocenters. The number of carboxylic acids is 1. The molecule has 2 aromatic heterocycles. The van der Waals surface area contributed by atoms with Gasteiger partial charge in [0.05, 0.1) is 10.9 Å². The first kappa shape index (κ1) is 19.5. The molecule has 2 aliphatic rings. The molecule has 1 saturated carbocycles. The lowest BCUT2D eigenvalue weighted by Crippen LogP contribution is -2.21. The second-order valence-electron chi connectivity index (χ2n) is 8.48. The molecule has 0 saturated heterocycles. The van der Waals surface area contributed by atoms with E-state index in [0.717, 1.165) is 41.9 Å². The van der Waals surface area contributed by atoms with Crippen LogP contribution in [0.2, 0.25) is 0 Å². The third kappa shape index (κ3) is 2.76. The summed E-state index contributed by atoms with van der Waals surface area (Å²) in [6.45, 7) is 3.40. The number of aryl methyl sites for hydroxylation is 3. The molecule has 0 radical (unpaired) electrons. The van der Waals surface area contributed by atoms with Crippen molar-refractivity contribution in [2.45, 2.75) is 58.0 Å². The molecule has 156 valence electrons. The molecule has 5 nitrogen and oxygen atoms in total. The van der Waals surface area contributed by atoms with E-state index < -0.39 is 17.2 Å². The fraction of sp³-hybridized carbons (Fsp3) is 0.391. The zero-order chi connectivity index (χ0) is 21.3. The number of hydrogen-bond donors (Lipinski definition) is 2. The number of fused-ring (bicyclic) bond motifs is 2. The molecule has 5 rings (SSSR count). The van der Waals surface area contributed by atoms with Gasteiger partial charge in [0.1, 0.15) is 11.4 Å². The van der Waals surface area contributed by atoms with Crippen molar-refractivity contribution in [1.82, 2.24) is 4.57 Å². The zero-order valence-electron chi connectivity index (χ0n) is 16.9. The number of thiophene rings is 1. The van der Waals surface area contributed by atoms with E-state index in [0.29, 0.717) is 16.6 Å². The van der Waals surface area contributed by atoms with Crippen LogP contribution in [0.15, 0.2) is 17.1 Å². The van der Waals surface area contributed by atoms with Crippen molar-refractivity contribution in [1.29, 1.82) is 0 Å². The predicted molar refractivity (Wildman–Crippen MR) is 116 cm³/mol. The Labute approximate surface area is 177 Å². The molecule has 2 heterocycles. The fourth-order valence-corrected chi connectivity index (χ4v) is 6.09. The first-order valence-corrected chi connectivity index (χ1v) is 11.1. The van der Waals surface area contributed by atoms with E-state index in [-0.39, 0.29) is 28.6 Å². The molecule has 0 bridgehead atoms. The van der Waals surface area contributed by atoms with Crippen LogP contribution in [0, 0.1) is 19.7 Å². The predicted octanol–water partition coefficient (Wildman–Crippen LogP) is 4.86. The highest BCUT2D eigenvalue weighted by Gasteiger charge is 2.31. The summed E-state index contributed by atoms with van der Waals surface area (Å²) in [5, 5.41) is 9.69. The van der Waals surface area contributed by atoms with Crippen LogP contribution in [-0.2, 0) is 6.42 Å². The summed E-state index contributed by atoms with van der Waals surface area (Å²) in [7, 11) is 0. The normalized spacial score (nSPS) is 18.6. The fourth-order valence-electron chi connectivity index (χ4n) is 4.75. The van der Waals surface area contributed by atoms with Crippen molar-refractivity contribution in [2.75, 3.05) is 0 Å². The number of benzene rings is 1. The van der Waals surface area contributed by atoms with Crippen molar-refractivity contribution < 1.29 is 14.3 Å². The second kappa shape index (κ2) is 6.75. The summed E-state index contributed by atoms with van der Waals surface area (Å²) in [6, 6.07) is 2.17. The monoisotopic (exact) mass is 426 g/mol. The Morgan fingerprint density at radius 3 is 2.63 bits per heavy atom. The highest BCUT2D eigenvalue weighted by molar-refractivity contribution is 7.15. The van der Waals surface area contributed by atoms with E-state index in [4.69, 9.17) is 5.73 Å². The molecule has 7 heteroatoms. The first-order chi connectivity index (χ1) is 14.3. The van der Waals surface area contributed by atoms with Gasteiger partial charge in [0.2, 0.25) is 5.43 Å². The molecule has 3 N–H and O–H groups in total. The number of nitrogens with zero attached hydrogens (tertiary/aromatic N) is 1. The summed E-state index contributed by atoms with van der Waals surface area (Å²) in [6.07, 6.45) is 6.19. The SMILES string of the molecule is Cc1c(F)c(-c2cc3c(s2)C(N)CCC3)c(C)c2c1c(=O)c(C(=O)O)cn2C1CC1. The van der Waals surface area contributed by atoms with E-state index in [9.17, 15) is 14.7 Å². The van der Waals surface area contributed by atoms with Crippen molar-refractivity contribution in [2.24, 2.45) is 5.73 Å². The molecule has 0 amide bonds. The number of halogens is 1. The van der Waals surface area contributed by atoms with Crippen LogP contribution in [-0.4, -0.2) is 15.6 Å². The maximum Gasteiger partial charge on any atom is 0.341 e. The van der Waals surface area contributed by atoms with E-state index in [2.05, 4.69) is 0 Å². The molecular formula is C23H23FN2O3S. The standard InChI is InChI=1S/C23H23FN2O3S/c1-10-18-20(26(13-6-7-13)9-14(21(18)27)23(28)29)11(2)17(19(10)24)16-8-12-4-3-5-15(25)22(12)30-16/h8-9,13,15H,3-7,25H2,1-2H3,(H,28,29). The van der Waals surface area contributed by atoms with Gasteiger partial charge in [0, 0.05) is 33.6 Å². The van der Waals surface area contributed by atoms with E-state index in [1.165, 1.54) is 23.1 Å². The van der Waals surface area contributed by atoms with Gasteiger partial charge in [-0.1, -0.05) is 0 Å². The second-order valence-corrected chi connectivity index (χ2v) is 9.56. The van der Waals surface area contributed by atoms with Gasteiger partial charge >= 0.3 is 5.97 Å². The molecular weight excluding hydrogens is 403 g/mol. The molecule has 30 heavy (non-hydrogen) atoms. The van der Waals surface area contributed by atoms with E-state index >= 15 is 4.39 Å². The Hall–Kier alpha value is -2.51. The molecule has 1 aromatic carbocycles. The summed E-state index contributed by atoms with van der Waals surface area (Å²) < 4.78 is 17.6. The molecule has 2 aliphatic carbocycles. The average molecular weight is 427 g/mol. The minimum atomic E-state index is -1.28. The van der Waals surface area contributed by atoms with Crippen molar-refractivity contribution in [3.8, 4) is 10.4 Å². The highest BCUT2D eigenvalue weighted by atomic mass is 32.1. The summed E-state index contributed by atoms with van der Waals surface area (Å²) in [5.41, 5.74) is 8.60. The van der Waals surface area contributed by atoms with Gasteiger partial charge in [-0.2, -0.15) is 0 Å².